The van der Waals surface area contributed by atoms with Crippen molar-refractivity contribution in [3.8, 4) is 0 Å². The highest BCUT2D eigenvalue weighted by molar-refractivity contribution is 5.84. The number of amides is 2. The summed E-state index contributed by atoms with van der Waals surface area (Å²) in [5.74, 6) is -0.731. The molecule has 0 saturated carbocycles. The van der Waals surface area contributed by atoms with Crippen LogP contribution in [0.5, 0.6) is 0 Å². The Morgan fingerprint density at radius 3 is 2.38 bits per heavy atom. The first-order valence-electron chi connectivity index (χ1n) is 4.38. The molecule has 0 spiro atoms. The van der Waals surface area contributed by atoms with Gasteiger partial charge in [0.1, 0.15) is 0 Å². The maximum absolute atomic E-state index is 11.1. The maximum Gasteiger partial charge on any atom is 0.237 e. The molecule has 0 unspecified atom stereocenters. The quantitative estimate of drug-likeness (QED) is 0.562. The zero-order valence-electron chi connectivity index (χ0n) is 7.95. The van der Waals surface area contributed by atoms with Crippen molar-refractivity contribution in [1.82, 2.24) is 4.90 Å². The number of carbonyl (C=O) groups is 2. The van der Waals surface area contributed by atoms with Gasteiger partial charge in [-0.15, -0.1) is 0 Å². The van der Waals surface area contributed by atoms with E-state index in [9.17, 15) is 9.59 Å². The molecule has 0 aliphatic heterocycles. The van der Waals surface area contributed by atoms with E-state index in [2.05, 4.69) is 0 Å². The van der Waals surface area contributed by atoms with E-state index in [0.717, 1.165) is 12.8 Å². The van der Waals surface area contributed by atoms with Crippen molar-refractivity contribution in [2.75, 3.05) is 19.6 Å². The Morgan fingerprint density at radius 2 is 2.00 bits per heavy atom. The smallest absolute Gasteiger partial charge is 0.237 e. The summed E-state index contributed by atoms with van der Waals surface area (Å²) in [4.78, 5) is 23.1. The van der Waals surface area contributed by atoms with Crippen molar-refractivity contribution in [2.45, 2.75) is 19.8 Å². The van der Waals surface area contributed by atoms with Gasteiger partial charge in [0, 0.05) is 6.54 Å². The van der Waals surface area contributed by atoms with Gasteiger partial charge >= 0.3 is 0 Å². The lowest BCUT2D eigenvalue weighted by molar-refractivity contribution is -0.134. The Balaban J connectivity index is 4.02. The molecule has 13 heavy (non-hydrogen) atoms. The zero-order chi connectivity index (χ0) is 10.3. The second kappa shape index (κ2) is 6.42. The van der Waals surface area contributed by atoms with Crippen molar-refractivity contribution >= 4 is 11.8 Å². The van der Waals surface area contributed by atoms with Crippen LogP contribution in [0.25, 0.3) is 0 Å². The van der Waals surface area contributed by atoms with E-state index in [4.69, 9.17) is 11.5 Å². The maximum atomic E-state index is 11.1. The minimum atomic E-state index is -0.502. The van der Waals surface area contributed by atoms with Crippen LogP contribution in [0.1, 0.15) is 19.8 Å². The molecule has 76 valence electrons. The molecule has 0 aromatic heterocycles. The highest BCUT2D eigenvalue weighted by Crippen LogP contribution is 1.94. The zero-order valence-corrected chi connectivity index (χ0v) is 7.95. The fourth-order valence-electron chi connectivity index (χ4n) is 0.958. The standard InChI is InChI=1S/C8H17N3O2/c1-2-3-4-11(6-7(10)12)8(13)5-9/h2-6,9H2,1H3,(H2,10,12). The normalized spacial score (nSPS) is 9.69. The topological polar surface area (TPSA) is 89.4 Å². The van der Waals surface area contributed by atoms with E-state index < -0.39 is 5.91 Å². The van der Waals surface area contributed by atoms with Gasteiger partial charge in [0.15, 0.2) is 0 Å². The van der Waals surface area contributed by atoms with Crippen LogP contribution in [0.3, 0.4) is 0 Å². The van der Waals surface area contributed by atoms with E-state index in [1.165, 1.54) is 4.90 Å². The second-order valence-electron chi connectivity index (χ2n) is 2.84. The molecule has 0 fully saturated rings. The molecule has 4 N–H and O–H groups in total. The first-order valence-corrected chi connectivity index (χ1v) is 4.38. The summed E-state index contributed by atoms with van der Waals surface area (Å²) in [5, 5.41) is 0. The van der Waals surface area contributed by atoms with Gasteiger partial charge in [0.05, 0.1) is 13.1 Å². The molecule has 0 radical (unpaired) electrons. The first kappa shape index (κ1) is 11.9. The number of hydrogen-bond acceptors (Lipinski definition) is 3. The van der Waals surface area contributed by atoms with Crippen LogP contribution in [0.15, 0.2) is 0 Å². The molecular weight excluding hydrogens is 170 g/mol. The average Bonchev–Trinajstić information content (AvgIpc) is 2.10. The highest BCUT2D eigenvalue weighted by atomic mass is 16.2. The fourth-order valence-corrected chi connectivity index (χ4v) is 0.958. The molecule has 5 heteroatoms. The van der Waals surface area contributed by atoms with Gasteiger partial charge in [-0.1, -0.05) is 13.3 Å². The SMILES string of the molecule is CCCCN(CC(N)=O)C(=O)CN. The molecule has 0 atom stereocenters. The summed E-state index contributed by atoms with van der Waals surface area (Å²) >= 11 is 0. The molecular formula is C8H17N3O2. The van der Waals surface area contributed by atoms with E-state index in [1.54, 1.807) is 0 Å². The Kier molecular flexibility index (Phi) is 5.88. The Hall–Kier alpha value is -1.10. The lowest BCUT2D eigenvalue weighted by atomic mass is 10.3. The van der Waals surface area contributed by atoms with E-state index >= 15 is 0 Å². The lowest BCUT2D eigenvalue weighted by Gasteiger charge is -2.19. The van der Waals surface area contributed by atoms with Gasteiger partial charge in [-0.05, 0) is 6.42 Å². The largest absolute Gasteiger partial charge is 0.368 e. The second-order valence-corrected chi connectivity index (χ2v) is 2.84. The van der Waals surface area contributed by atoms with Crippen molar-refractivity contribution in [1.29, 1.82) is 0 Å². The van der Waals surface area contributed by atoms with Crippen LogP contribution in [-0.2, 0) is 9.59 Å². The summed E-state index contributed by atoms with van der Waals surface area (Å²) in [7, 11) is 0. The third-order valence-corrected chi connectivity index (χ3v) is 1.66. The fraction of sp³-hybridized carbons (Fsp3) is 0.750. The number of carbonyl (C=O) groups excluding carboxylic acids is 2. The van der Waals surface area contributed by atoms with Crippen LogP contribution in [-0.4, -0.2) is 36.3 Å². The molecule has 0 saturated heterocycles. The van der Waals surface area contributed by atoms with Gasteiger partial charge in [0.25, 0.3) is 0 Å². The molecule has 0 aliphatic rings. The summed E-state index contributed by atoms with van der Waals surface area (Å²) in [6, 6.07) is 0. The van der Waals surface area contributed by atoms with Crippen LogP contribution in [0.4, 0.5) is 0 Å². The van der Waals surface area contributed by atoms with Crippen molar-refractivity contribution in [2.24, 2.45) is 11.5 Å². The van der Waals surface area contributed by atoms with Gasteiger partial charge in [-0.3, -0.25) is 9.59 Å². The summed E-state index contributed by atoms with van der Waals surface area (Å²) in [6.07, 6.45) is 1.83. The van der Waals surface area contributed by atoms with Crippen LogP contribution < -0.4 is 11.5 Å². The molecule has 0 aromatic carbocycles. The van der Waals surface area contributed by atoms with Crippen LogP contribution in [0.2, 0.25) is 0 Å². The van der Waals surface area contributed by atoms with Gasteiger partial charge in [0.2, 0.25) is 11.8 Å². The number of nitrogens with two attached hydrogens (primary N) is 2. The highest BCUT2D eigenvalue weighted by Gasteiger charge is 2.12. The van der Waals surface area contributed by atoms with Gasteiger partial charge in [-0.2, -0.15) is 0 Å². The molecule has 0 aromatic rings. The monoisotopic (exact) mass is 187 g/mol. The van der Waals surface area contributed by atoms with Crippen LogP contribution in [0, 0.1) is 0 Å². The third-order valence-electron chi connectivity index (χ3n) is 1.66. The van der Waals surface area contributed by atoms with Crippen molar-refractivity contribution in [3.05, 3.63) is 0 Å². The van der Waals surface area contributed by atoms with Gasteiger partial charge < -0.3 is 16.4 Å². The predicted octanol–water partition coefficient (Wildman–Crippen LogP) is -0.941. The number of nitrogens with zero attached hydrogens (tertiary/aromatic N) is 1. The van der Waals surface area contributed by atoms with Crippen LogP contribution >= 0.6 is 0 Å². The Labute approximate surface area is 78.1 Å². The average molecular weight is 187 g/mol. The van der Waals surface area contributed by atoms with E-state index in [-0.39, 0.29) is 19.0 Å². The number of hydrogen-bond donors (Lipinski definition) is 2. The van der Waals surface area contributed by atoms with Crippen molar-refractivity contribution in [3.63, 3.8) is 0 Å². The predicted molar refractivity (Wildman–Crippen MR) is 49.7 cm³/mol. The Bertz CT molecular complexity index is 182. The third kappa shape index (κ3) is 5.19. The summed E-state index contributed by atoms with van der Waals surface area (Å²) < 4.78 is 0. The minimum absolute atomic E-state index is 0.0317. The Morgan fingerprint density at radius 1 is 1.38 bits per heavy atom. The first-order chi connectivity index (χ1) is 6.11. The number of unbranched alkanes of at least 4 members (excludes halogenated alkanes) is 1. The lowest BCUT2D eigenvalue weighted by Crippen LogP contribution is -2.42. The van der Waals surface area contributed by atoms with E-state index in [1.807, 2.05) is 6.92 Å². The van der Waals surface area contributed by atoms with Crippen molar-refractivity contribution < 1.29 is 9.59 Å². The van der Waals surface area contributed by atoms with E-state index in [0.29, 0.717) is 6.54 Å². The summed E-state index contributed by atoms with van der Waals surface area (Å²) in [6.45, 7) is 2.46. The summed E-state index contributed by atoms with van der Waals surface area (Å²) in [5.41, 5.74) is 10.2. The molecule has 0 bridgehead atoms. The number of primary amides is 1. The van der Waals surface area contributed by atoms with Gasteiger partial charge in [-0.25, -0.2) is 0 Å². The molecule has 5 nitrogen and oxygen atoms in total. The minimum Gasteiger partial charge on any atom is -0.368 e. The molecule has 0 heterocycles. The number of rotatable bonds is 6. The molecule has 2 amide bonds. The molecule has 0 aliphatic carbocycles. The molecule has 0 rings (SSSR count).